The molecular formula is C15H19NO4S. The van der Waals surface area contributed by atoms with E-state index in [0.29, 0.717) is 18.5 Å². The zero-order chi connectivity index (χ0) is 15.5. The molecule has 0 saturated carbocycles. The van der Waals surface area contributed by atoms with Crippen molar-refractivity contribution in [2.75, 3.05) is 19.7 Å². The normalized spacial score (nSPS) is 23.4. The Balaban J connectivity index is 2.20. The van der Waals surface area contributed by atoms with Crippen LogP contribution in [0.4, 0.5) is 0 Å². The van der Waals surface area contributed by atoms with Crippen LogP contribution in [-0.4, -0.2) is 48.7 Å². The maximum Gasteiger partial charge on any atom is 0.243 e. The standard InChI is InChI=1S/C15H19NO4S/c1-12-8-9-16(11-15(12)18)21(19,20)14-6-4-13(5-7-14)3-2-10-17/h4-7,12,15,17-18H,8-11H2,1H3. The third-order valence-electron chi connectivity index (χ3n) is 3.69. The fourth-order valence-corrected chi connectivity index (χ4v) is 3.71. The molecule has 114 valence electrons. The van der Waals surface area contributed by atoms with Crippen LogP contribution < -0.4 is 0 Å². The molecule has 0 aromatic heterocycles. The SMILES string of the molecule is CC1CCN(S(=O)(=O)c2ccc(C#CCO)cc2)CC1O. The quantitative estimate of drug-likeness (QED) is 0.776. The van der Waals surface area contributed by atoms with E-state index in [9.17, 15) is 13.5 Å². The van der Waals surface area contributed by atoms with Crippen LogP contribution in [0.25, 0.3) is 0 Å². The molecule has 1 aromatic carbocycles. The van der Waals surface area contributed by atoms with Crippen molar-refractivity contribution in [2.45, 2.75) is 24.3 Å². The lowest BCUT2D eigenvalue weighted by Gasteiger charge is -2.33. The van der Waals surface area contributed by atoms with Crippen molar-refractivity contribution in [2.24, 2.45) is 5.92 Å². The third kappa shape index (κ3) is 3.63. The summed E-state index contributed by atoms with van der Waals surface area (Å²) in [5.41, 5.74) is 0.648. The van der Waals surface area contributed by atoms with Crippen LogP contribution in [0.2, 0.25) is 0 Å². The Bertz CT molecular complexity index is 642. The smallest absolute Gasteiger partial charge is 0.243 e. The summed E-state index contributed by atoms with van der Waals surface area (Å²) in [5, 5.41) is 18.5. The van der Waals surface area contributed by atoms with E-state index in [4.69, 9.17) is 5.11 Å². The number of piperidine rings is 1. The lowest BCUT2D eigenvalue weighted by molar-refractivity contribution is 0.0605. The van der Waals surface area contributed by atoms with Gasteiger partial charge in [-0.1, -0.05) is 18.8 Å². The minimum Gasteiger partial charge on any atom is -0.391 e. The Morgan fingerprint density at radius 3 is 2.57 bits per heavy atom. The second-order valence-electron chi connectivity index (χ2n) is 5.18. The lowest BCUT2D eigenvalue weighted by atomic mass is 9.98. The predicted octanol–water partition coefficient (Wildman–Crippen LogP) is 0.422. The molecule has 1 saturated heterocycles. The molecule has 1 fully saturated rings. The maximum atomic E-state index is 12.5. The molecule has 0 bridgehead atoms. The number of aliphatic hydroxyl groups excluding tert-OH is 2. The van der Waals surface area contributed by atoms with E-state index in [0.717, 1.165) is 0 Å². The highest BCUT2D eigenvalue weighted by Gasteiger charge is 2.32. The Morgan fingerprint density at radius 2 is 2.00 bits per heavy atom. The first-order valence-electron chi connectivity index (χ1n) is 6.83. The van der Waals surface area contributed by atoms with Crippen LogP contribution in [0.5, 0.6) is 0 Å². The second kappa shape index (κ2) is 6.58. The first-order valence-corrected chi connectivity index (χ1v) is 8.27. The van der Waals surface area contributed by atoms with E-state index in [2.05, 4.69) is 11.8 Å². The van der Waals surface area contributed by atoms with E-state index < -0.39 is 16.1 Å². The van der Waals surface area contributed by atoms with E-state index >= 15 is 0 Å². The minimum absolute atomic E-state index is 0.118. The molecule has 2 N–H and O–H groups in total. The summed E-state index contributed by atoms with van der Waals surface area (Å²) >= 11 is 0. The van der Waals surface area contributed by atoms with Gasteiger partial charge in [0.05, 0.1) is 11.0 Å². The summed E-state index contributed by atoms with van der Waals surface area (Å²) in [6, 6.07) is 6.22. The molecule has 2 atom stereocenters. The van der Waals surface area contributed by atoms with E-state index in [-0.39, 0.29) is 24.0 Å². The molecule has 0 amide bonds. The van der Waals surface area contributed by atoms with E-state index in [1.807, 2.05) is 6.92 Å². The van der Waals surface area contributed by atoms with Gasteiger partial charge in [-0.25, -0.2) is 8.42 Å². The number of nitrogens with zero attached hydrogens (tertiary/aromatic N) is 1. The highest BCUT2D eigenvalue weighted by molar-refractivity contribution is 7.89. The van der Waals surface area contributed by atoms with Crippen molar-refractivity contribution >= 4 is 10.0 Å². The van der Waals surface area contributed by atoms with Gasteiger partial charge in [0.1, 0.15) is 6.61 Å². The van der Waals surface area contributed by atoms with Crippen molar-refractivity contribution in [1.29, 1.82) is 0 Å². The van der Waals surface area contributed by atoms with Crippen LogP contribution >= 0.6 is 0 Å². The van der Waals surface area contributed by atoms with Gasteiger partial charge in [0.2, 0.25) is 10.0 Å². The van der Waals surface area contributed by atoms with Gasteiger partial charge < -0.3 is 10.2 Å². The Kier molecular flexibility index (Phi) is 5.01. The highest BCUT2D eigenvalue weighted by Crippen LogP contribution is 2.23. The van der Waals surface area contributed by atoms with Gasteiger partial charge in [-0.3, -0.25) is 0 Å². The fourth-order valence-electron chi connectivity index (χ4n) is 2.24. The number of hydrogen-bond acceptors (Lipinski definition) is 4. The molecule has 1 aliphatic rings. The first-order chi connectivity index (χ1) is 9.95. The van der Waals surface area contributed by atoms with Crippen molar-refractivity contribution in [1.82, 2.24) is 4.31 Å². The topological polar surface area (TPSA) is 77.8 Å². The summed E-state index contributed by atoms with van der Waals surface area (Å²) in [6.07, 6.45) is 0.0312. The molecule has 1 aromatic rings. The molecule has 21 heavy (non-hydrogen) atoms. The predicted molar refractivity (Wildman–Crippen MR) is 79.0 cm³/mol. The second-order valence-corrected chi connectivity index (χ2v) is 7.12. The average Bonchev–Trinajstić information content (AvgIpc) is 2.48. The lowest BCUT2D eigenvalue weighted by Crippen LogP contribution is -2.45. The van der Waals surface area contributed by atoms with E-state index in [1.165, 1.54) is 16.4 Å². The Hall–Kier alpha value is -1.39. The van der Waals surface area contributed by atoms with Crippen LogP contribution in [0.1, 0.15) is 18.9 Å². The van der Waals surface area contributed by atoms with Crippen LogP contribution in [-0.2, 0) is 10.0 Å². The summed E-state index contributed by atoms with van der Waals surface area (Å²) in [7, 11) is -3.58. The Labute approximate surface area is 125 Å². The number of aliphatic hydroxyl groups is 2. The maximum absolute atomic E-state index is 12.5. The summed E-state index contributed by atoms with van der Waals surface area (Å²) in [5.74, 6) is 5.34. The largest absolute Gasteiger partial charge is 0.391 e. The van der Waals surface area contributed by atoms with Gasteiger partial charge >= 0.3 is 0 Å². The zero-order valence-corrected chi connectivity index (χ0v) is 12.7. The van der Waals surface area contributed by atoms with Crippen molar-refractivity contribution < 1.29 is 18.6 Å². The number of rotatable bonds is 2. The molecule has 5 nitrogen and oxygen atoms in total. The average molecular weight is 309 g/mol. The number of sulfonamides is 1. The van der Waals surface area contributed by atoms with Crippen molar-refractivity contribution in [3.05, 3.63) is 29.8 Å². The molecule has 1 aliphatic heterocycles. The Morgan fingerprint density at radius 1 is 1.33 bits per heavy atom. The molecule has 0 radical (unpaired) electrons. The van der Waals surface area contributed by atoms with Gasteiger partial charge in [-0.05, 0) is 36.6 Å². The fraction of sp³-hybridized carbons (Fsp3) is 0.467. The van der Waals surface area contributed by atoms with Crippen LogP contribution in [0.3, 0.4) is 0 Å². The molecular weight excluding hydrogens is 290 g/mol. The number of hydrogen-bond donors (Lipinski definition) is 2. The summed E-state index contributed by atoms with van der Waals surface area (Å²) in [6.45, 7) is 2.25. The number of β-amino-alcohol motifs (C(OH)–C–C–N with tert-alkyl or cyclic N) is 1. The van der Waals surface area contributed by atoms with Gasteiger partial charge in [-0.2, -0.15) is 4.31 Å². The molecule has 6 heteroatoms. The van der Waals surface area contributed by atoms with E-state index in [1.54, 1.807) is 12.1 Å². The van der Waals surface area contributed by atoms with Crippen molar-refractivity contribution in [3.8, 4) is 11.8 Å². The summed E-state index contributed by atoms with van der Waals surface area (Å²) < 4.78 is 26.3. The van der Waals surface area contributed by atoms with Gasteiger partial charge in [0, 0.05) is 18.7 Å². The molecule has 0 spiro atoms. The van der Waals surface area contributed by atoms with Crippen LogP contribution in [0, 0.1) is 17.8 Å². The molecule has 0 aliphatic carbocycles. The highest BCUT2D eigenvalue weighted by atomic mass is 32.2. The van der Waals surface area contributed by atoms with Crippen LogP contribution in [0.15, 0.2) is 29.2 Å². The summed E-state index contributed by atoms with van der Waals surface area (Å²) in [4.78, 5) is 0.193. The van der Waals surface area contributed by atoms with Crippen molar-refractivity contribution in [3.63, 3.8) is 0 Å². The first kappa shape index (κ1) is 16.0. The molecule has 1 heterocycles. The molecule has 2 rings (SSSR count). The third-order valence-corrected chi connectivity index (χ3v) is 5.56. The van der Waals surface area contributed by atoms with Gasteiger partial charge in [-0.15, -0.1) is 0 Å². The monoisotopic (exact) mass is 309 g/mol. The van der Waals surface area contributed by atoms with Gasteiger partial charge in [0.15, 0.2) is 0 Å². The van der Waals surface area contributed by atoms with Gasteiger partial charge in [0.25, 0.3) is 0 Å². The molecule has 2 unspecified atom stereocenters. The minimum atomic E-state index is -3.58. The zero-order valence-electron chi connectivity index (χ0n) is 11.9. The number of benzene rings is 1.